The molecule has 0 heterocycles. The molecule has 2 aromatic carbocycles. The predicted molar refractivity (Wildman–Crippen MR) is 76.2 cm³/mol. The van der Waals surface area contributed by atoms with E-state index in [2.05, 4.69) is 15.9 Å². The van der Waals surface area contributed by atoms with Crippen molar-refractivity contribution in [3.05, 3.63) is 58.3 Å². The maximum Gasteiger partial charge on any atom is 0.166 e. The molecule has 5 heteroatoms. The molecule has 3 nitrogen and oxygen atoms in total. The molecule has 2 rings (SSSR count). The van der Waals surface area contributed by atoms with E-state index in [-0.39, 0.29) is 19.0 Å². The van der Waals surface area contributed by atoms with Crippen LogP contribution in [0.25, 0.3) is 0 Å². The summed E-state index contributed by atoms with van der Waals surface area (Å²) in [5.41, 5.74) is 0.530. The van der Waals surface area contributed by atoms with Gasteiger partial charge in [0.25, 0.3) is 0 Å². The Labute approximate surface area is 124 Å². The number of hydrogen-bond acceptors (Lipinski definition) is 3. The summed E-state index contributed by atoms with van der Waals surface area (Å²) in [6, 6.07) is 13.5. The fourth-order valence-corrected chi connectivity index (χ4v) is 1.89. The Morgan fingerprint density at radius 2 is 1.90 bits per heavy atom. The van der Waals surface area contributed by atoms with E-state index in [0.29, 0.717) is 15.8 Å². The summed E-state index contributed by atoms with van der Waals surface area (Å²) in [5.74, 6) is 0.345. The highest BCUT2D eigenvalue weighted by atomic mass is 79.9. The summed E-state index contributed by atoms with van der Waals surface area (Å²) >= 11 is 3.18. The molecule has 0 aliphatic rings. The molecular weight excluding hydrogens is 325 g/mol. The molecule has 0 bridgehead atoms. The second kappa shape index (κ2) is 6.92. The standard InChI is InChI=1S/C15H11BrFNO2/c16-12-4-5-15(14(17)9-12)20-7-6-19-13-3-1-2-11(8-13)10-18/h1-5,8-9H,6-7H2. The van der Waals surface area contributed by atoms with E-state index in [1.54, 1.807) is 36.4 Å². The van der Waals surface area contributed by atoms with Crippen molar-refractivity contribution in [2.24, 2.45) is 0 Å². The number of ether oxygens (including phenoxy) is 2. The SMILES string of the molecule is N#Cc1cccc(OCCOc2ccc(Br)cc2F)c1. The first-order valence-electron chi connectivity index (χ1n) is 5.90. The van der Waals surface area contributed by atoms with Crippen LogP contribution in [0.3, 0.4) is 0 Å². The van der Waals surface area contributed by atoms with E-state index in [1.807, 2.05) is 6.07 Å². The van der Waals surface area contributed by atoms with Crippen LogP contribution >= 0.6 is 15.9 Å². The molecule has 0 aliphatic carbocycles. The monoisotopic (exact) mass is 335 g/mol. The molecular formula is C15H11BrFNO2. The van der Waals surface area contributed by atoms with Gasteiger partial charge in [0.05, 0.1) is 11.6 Å². The van der Waals surface area contributed by atoms with Gasteiger partial charge in [0.1, 0.15) is 19.0 Å². The zero-order chi connectivity index (χ0) is 14.4. The molecule has 2 aromatic rings. The molecule has 0 N–H and O–H groups in total. The van der Waals surface area contributed by atoms with Gasteiger partial charge in [-0.25, -0.2) is 4.39 Å². The Morgan fingerprint density at radius 1 is 1.10 bits per heavy atom. The second-order valence-electron chi connectivity index (χ2n) is 3.91. The molecule has 0 spiro atoms. The lowest BCUT2D eigenvalue weighted by Gasteiger charge is -2.09. The normalized spacial score (nSPS) is 9.85. The molecule has 0 amide bonds. The fourth-order valence-electron chi connectivity index (χ4n) is 1.56. The minimum atomic E-state index is -0.425. The van der Waals surface area contributed by atoms with Crippen LogP contribution in [0.1, 0.15) is 5.56 Å². The molecule has 0 saturated heterocycles. The Hall–Kier alpha value is -2.06. The van der Waals surface area contributed by atoms with Gasteiger partial charge in [0, 0.05) is 4.47 Å². The Balaban J connectivity index is 1.83. The van der Waals surface area contributed by atoms with Crippen molar-refractivity contribution in [1.29, 1.82) is 5.26 Å². The minimum absolute atomic E-state index is 0.183. The van der Waals surface area contributed by atoms with Crippen LogP contribution in [0, 0.1) is 17.1 Å². The first kappa shape index (κ1) is 14.4. The smallest absolute Gasteiger partial charge is 0.166 e. The van der Waals surface area contributed by atoms with Crippen LogP contribution in [0.15, 0.2) is 46.9 Å². The number of rotatable bonds is 5. The number of hydrogen-bond donors (Lipinski definition) is 0. The van der Waals surface area contributed by atoms with Crippen molar-refractivity contribution < 1.29 is 13.9 Å². The summed E-state index contributed by atoms with van der Waals surface area (Å²) in [4.78, 5) is 0. The van der Waals surface area contributed by atoms with Crippen LogP contribution in [-0.4, -0.2) is 13.2 Å². The van der Waals surface area contributed by atoms with E-state index < -0.39 is 5.82 Å². The van der Waals surface area contributed by atoms with Crippen molar-refractivity contribution in [2.75, 3.05) is 13.2 Å². The van der Waals surface area contributed by atoms with E-state index >= 15 is 0 Å². The third kappa shape index (κ3) is 3.97. The Kier molecular flexibility index (Phi) is 4.97. The van der Waals surface area contributed by atoms with Gasteiger partial charge in [0.15, 0.2) is 11.6 Å². The lowest BCUT2D eigenvalue weighted by molar-refractivity contribution is 0.211. The first-order chi connectivity index (χ1) is 9.69. The lowest BCUT2D eigenvalue weighted by Crippen LogP contribution is -2.09. The largest absolute Gasteiger partial charge is 0.490 e. The van der Waals surface area contributed by atoms with E-state index in [4.69, 9.17) is 14.7 Å². The number of halogens is 2. The van der Waals surface area contributed by atoms with Gasteiger partial charge in [-0.1, -0.05) is 22.0 Å². The summed E-state index contributed by atoms with van der Waals surface area (Å²) < 4.78 is 24.8. The minimum Gasteiger partial charge on any atom is -0.490 e. The third-order valence-electron chi connectivity index (χ3n) is 2.47. The van der Waals surface area contributed by atoms with Crippen molar-refractivity contribution in [3.8, 4) is 17.6 Å². The molecule has 0 radical (unpaired) electrons. The summed E-state index contributed by atoms with van der Waals surface area (Å²) in [6.45, 7) is 0.486. The topological polar surface area (TPSA) is 42.2 Å². The van der Waals surface area contributed by atoms with Crippen LogP contribution in [0.5, 0.6) is 11.5 Å². The molecule has 0 saturated carbocycles. The maximum absolute atomic E-state index is 13.5. The molecule has 0 aromatic heterocycles. The number of nitrogens with zero attached hydrogens (tertiary/aromatic N) is 1. The summed E-state index contributed by atoms with van der Waals surface area (Å²) in [5, 5.41) is 8.76. The van der Waals surface area contributed by atoms with Gasteiger partial charge < -0.3 is 9.47 Å². The highest BCUT2D eigenvalue weighted by molar-refractivity contribution is 9.10. The van der Waals surface area contributed by atoms with E-state index in [0.717, 1.165) is 0 Å². The fraction of sp³-hybridized carbons (Fsp3) is 0.133. The van der Waals surface area contributed by atoms with E-state index in [9.17, 15) is 4.39 Å². The predicted octanol–water partition coefficient (Wildman–Crippen LogP) is 3.92. The van der Waals surface area contributed by atoms with Crippen LogP contribution in [-0.2, 0) is 0 Å². The summed E-state index contributed by atoms with van der Waals surface area (Å²) in [6.07, 6.45) is 0. The van der Waals surface area contributed by atoms with Gasteiger partial charge in [0.2, 0.25) is 0 Å². The highest BCUT2D eigenvalue weighted by Gasteiger charge is 2.03. The zero-order valence-corrected chi connectivity index (χ0v) is 12.1. The number of benzene rings is 2. The first-order valence-corrected chi connectivity index (χ1v) is 6.69. The molecule has 20 heavy (non-hydrogen) atoms. The Morgan fingerprint density at radius 3 is 2.65 bits per heavy atom. The van der Waals surface area contributed by atoms with Gasteiger partial charge >= 0.3 is 0 Å². The van der Waals surface area contributed by atoms with E-state index in [1.165, 1.54) is 6.07 Å². The molecule has 0 atom stereocenters. The average molecular weight is 336 g/mol. The molecule has 0 fully saturated rings. The summed E-state index contributed by atoms with van der Waals surface area (Å²) in [7, 11) is 0. The third-order valence-corrected chi connectivity index (χ3v) is 2.96. The van der Waals surface area contributed by atoms with Crippen LogP contribution in [0.2, 0.25) is 0 Å². The van der Waals surface area contributed by atoms with Crippen molar-refractivity contribution in [1.82, 2.24) is 0 Å². The van der Waals surface area contributed by atoms with Crippen LogP contribution in [0.4, 0.5) is 4.39 Å². The molecule has 0 unspecified atom stereocenters. The van der Waals surface area contributed by atoms with Gasteiger partial charge in [-0.15, -0.1) is 0 Å². The van der Waals surface area contributed by atoms with Gasteiger partial charge in [-0.3, -0.25) is 0 Å². The molecule has 102 valence electrons. The number of nitriles is 1. The van der Waals surface area contributed by atoms with Gasteiger partial charge in [-0.05, 0) is 36.4 Å². The van der Waals surface area contributed by atoms with Crippen molar-refractivity contribution in [3.63, 3.8) is 0 Å². The Bertz CT molecular complexity index is 640. The maximum atomic E-state index is 13.5. The quantitative estimate of drug-likeness (QED) is 0.778. The van der Waals surface area contributed by atoms with Crippen molar-refractivity contribution >= 4 is 15.9 Å². The highest BCUT2D eigenvalue weighted by Crippen LogP contribution is 2.21. The van der Waals surface area contributed by atoms with Crippen molar-refractivity contribution in [2.45, 2.75) is 0 Å². The van der Waals surface area contributed by atoms with Crippen LogP contribution < -0.4 is 9.47 Å². The van der Waals surface area contributed by atoms with Gasteiger partial charge in [-0.2, -0.15) is 5.26 Å². The zero-order valence-electron chi connectivity index (χ0n) is 10.5. The lowest BCUT2D eigenvalue weighted by atomic mass is 10.2. The average Bonchev–Trinajstić information content (AvgIpc) is 2.45. The molecule has 0 aliphatic heterocycles. The second-order valence-corrected chi connectivity index (χ2v) is 4.83.